The molecule has 0 bridgehead atoms. The van der Waals surface area contributed by atoms with E-state index in [1.807, 2.05) is 0 Å². The summed E-state index contributed by atoms with van der Waals surface area (Å²) in [5.41, 5.74) is 6.64. The van der Waals surface area contributed by atoms with E-state index in [4.69, 9.17) is 5.73 Å². The molecular formula is C12H23N. The number of nitrogens with two attached hydrogens (primary N) is 1. The van der Waals surface area contributed by atoms with Crippen LogP contribution < -0.4 is 5.73 Å². The molecule has 0 aromatic carbocycles. The van der Waals surface area contributed by atoms with E-state index in [-0.39, 0.29) is 0 Å². The minimum Gasteiger partial charge on any atom is -0.328 e. The Morgan fingerprint density at radius 1 is 1.23 bits per heavy atom. The van der Waals surface area contributed by atoms with Gasteiger partial charge in [0, 0.05) is 6.04 Å². The maximum absolute atomic E-state index is 5.86. The molecule has 2 aliphatic carbocycles. The van der Waals surface area contributed by atoms with E-state index >= 15 is 0 Å². The molecule has 1 heteroatoms. The summed E-state index contributed by atoms with van der Waals surface area (Å²) in [5.74, 6) is 0.991. The SMILES string of the molecule is CC(N)CC1CC12CCCCCC2. The van der Waals surface area contributed by atoms with Crippen LogP contribution in [-0.4, -0.2) is 6.04 Å². The van der Waals surface area contributed by atoms with Gasteiger partial charge in [-0.15, -0.1) is 0 Å². The maximum Gasteiger partial charge on any atom is 0.00133 e. The Morgan fingerprint density at radius 3 is 2.38 bits per heavy atom. The standard InChI is InChI=1S/C12H23N/c1-10(13)8-11-9-12(11)6-4-2-3-5-7-12/h10-11H,2-9,13H2,1H3. The zero-order chi connectivity index (χ0) is 9.31. The molecule has 0 aromatic rings. The molecule has 2 N–H and O–H groups in total. The molecule has 0 aromatic heterocycles. The summed E-state index contributed by atoms with van der Waals surface area (Å²) in [6.07, 6.45) is 11.7. The smallest absolute Gasteiger partial charge is 0.00133 e. The highest BCUT2D eigenvalue weighted by Gasteiger charge is 2.52. The molecule has 2 rings (SSSR count). The van der Waals surface area contributed by atoms with Gasteiger partial charge in [-0.3, -0.25) is 0 Å². The van der Waals surface area contributed by atoms with Crippen molar-refractivity contribution in [2.24, 2.45) is 17.1 Å². The lowest BCUT2D eigenvalue weighted by Gasteiger charge is -2.14. The molecule has 1 nitrogen and oxygen atoms in total. The van der Waals surface area contributed by atoms with Gasteiger partial charge in [0.25, 0.3) is 0 Å². The van der Waals surface area contributed by atoms with E-state index in [0.717, 1.165) is 11.3 Å². The minimum absolute atomic E-state index is 0.424. The molecule has 2 aliphatic rings. The summed E-state index contributed by atoms with van der Waals surface area (Å²) in [5, 5.41) is 0. The monoisotopic (exact) mass is 181 g/mol. The fourth-order valence-corrected chi connectivity index (χ4v) is 3.26. The molecular weight excluding hydrogens is 158 g/mol. The fourth-order valence-electron chi connectivity index (χ4n) is 3.26. The van der Waals surface area contributed by atoms with E-state index in [2.05, 4.69) is 6.92 Å². The summed E-state index contributed by atoms with van der Waals surface area (Å²) >= 11 is 0. The average Bonchev–Trinajstić information content (AvgIpc) is 2.76. The first-order valence-corrected chi connectivity index (χ1v) is 5.98. The Morgan fingerprint density at radius 2 is 1.85 bits per heavy atom. The molecule has 2 fully saturated rings. The zero-order valence-electron chi connectivity index (χ0n) is 8.89. The molecule has 0 saturated heterocycles. The lowest BCUT2D eigenvalue weighted by Crippen LogP contribution is -2.17. The van der Waals surface area contributed by atoms with E-state index in [0.29, 0.717) is 6.04 Å². The van der Waals surface area contributed by atoms with Crippen molar-refractivity contribution < 1.29 is 0 Å². The van der Waals surface area contributed by atoms with Gasteiger partial charge in [-0.05, 0) is 43.9 Å². The van der Waals surface area contributed by atoms with Crippen molar-refractivity contribution >= 4 is 0 Å². The van der Waals surface area contributed by atoms with Gasteiger partial charge in [0.2, 0.25) is 0 Å². The van der Waals surface area contributed by atoms with Gasteiger partial charge >= 0.3 is 0 Å². The van der Waals surface area contributed by atoms with Gasteiger partial charge in [-0.25, -0.2) is 0 Å². The molecule has 0 heterocycles. The van der Waals surface area contributed by atoms with Gasteiger partial charge < -0.3 is 5.73 Å². The van der Waals surface area contributed by atoms with Crippen LogP contribution in [0.5, 0.6) is 0 Å². The molecule has 13 heavy (non-hydrogen) atoms. The first-order valence-electron chi connectivity index (χ1n) is 5.98. The third-order valence-corrected chi connectivity index (χ3v) is 4.11. The van der Waals surface area contributed by atoms with Crippen molar-refractivity contribution in [3.05, 3.63) is 0 Å². The molecule has 0 radical (unpaired) electrons. The summed E-state index contributed by atoms with van der Waals surface area (Å²) < 4.78 is 0. The third kappa shape index (κ3) is 2.07. The highest BCUT2D eigenvalue weighted by atomic mass is 14.7. The number of hydrogen-bond acceptors (Lipinski definition) is 1. The van der Waals surface area contributed by atoms with Crippen LogP contribution in [0.1, 0.15) is 58.3 Å². The van der Waals surface area contributed by atoms with E-state index in [9.17, 15) is 0 Å². The molecule has 0 amide bonds. The molecule has 2 saturated carbocycles. The highest BCUT2D eigenvalue weighted by molar-refractivity contribution is 5.03. The zero-order valence-corrected chi connectivity index (χ0v) is 8.89. The van der Waals surface area contributed by atoms with Crippen LogP contribution in [0.2, 0.25) is 0 Å². The highest BCUT2D eigenvalue weighted by Crippen LogP contribution is 2.62. The second-order valence-corrected chi connectivity index (χ2v) is 5.39. The van der Waals surface area contributed by atoms with Crippen LogP contribution in [0.4, 0.5) is 0 Å². The summed E-state index contributed by atoms with van der Waals surface area (Å²) in [6.45, 7) is 2.16. The first kappa shape index (κ1) is 9.51. The van der Waals surface area contributed by atoms with Gasteiger partial charge in [-0.1, -0.05) is 25.7 Å². The summed E-state index contributed by atoms with van der Waals surface area (Å²) in [6, 6.07) is 0.424. The maximum atomic E-state index is 5.86. The van der Waals surface area contributed by atoms with Gasteiger partial charge in [0.05, 0.1) is 0 Å². The second kappa shape index (κ2) is 3.61. The van der Waals surface area contributed by atoms with E-state index in [1.165, 1.54) is 51.4 Å². The Labute approximate surface area is 82.1 Å². The fraction of sp³-hybridized carbons (Fsp3) is 1.00. The third-order valence-electron chi connectivity index (χ3n) is 4.11. The molecule has 1 spiro atoms. The van der Waals surface area contributed by atoms with Crippen molar-refractivity contribution in [1.29, 1.82) is 0 Å². The average molecular weight is 181 g/mol. The van der Waals surface area contributed by atoms with Crippen LogP contribution >= 0.6 is 0 Å². The van der Waals surface area contributed by atoms with Crippen LogP contribution in [-0.2, 0) is 0 Å². The van der Waals surface area contributed by atoms with Crippen molar-refractivity contribution in [2.75, 3.05) is 0 Å². The van der Waals surface area contributed by atoms with Crippen LogP contribution in [0.15, 0.2) is 0 Å². The van der Waals surface area contributed by atoms with Gasteiger partial charge in [0.15, 0.2) is 0 Å². The van der Waals surface area contributed by atoms with Crippen molar-refractivity contribution in [3.8, 4) is 0 Å². The van der Waals surface area contributed by atoms with Crippen LogP contribution in [0.3, 0.4) is 0 Å². The Bertz CT molecular complexity index is 166. The minimum atomic E-state index is 0.424. The Balaban J connectivity index is 1.85. The molecule has 2 unspecified atom stereocenters. The molecule has 76 valence electrons. The first-order chi connectivity index (χ1) is 6.23. The number of hydrogen-bond donors (Lipinski definition) is 1. The quantitative estimate of drug-likeness (QED) is 0.696. The van der Waals surface area contributed by atoms with Crippen molar-refractivity contribution in [2.45, 2.75) is 64.3 Å². The van der Waals surface area contributed by atoms with Crippen molar-refractivity contribution in [1.82, 2.24) is 0 Å². The number of rotatable bonds is 2. The Hall–Kier alpha value is -0.0400. The predicted molar refractivity (Wildman–Crippen MR) is 56.5 cm³/mol. The largest absolute Gasteiger partial charge is 0.328 e. The van der Waals surface area contributed by atoms with Crippen LogP contribution in [0, 0.1) is 11.3 Å². The van der Waals surface area contributed by atoms with Crippen molar-refractivity contribution in [3.63, 3.8) is 0 Å². The topological polar surface area (TPSA) is 26.0 Å². The van der Waals surface area contributed by atoms with E-state index in [1.54, 1.807) is 0 Å². The Kier molecular flexibility index (Phi) is 2.64. The predicted octanol–water partition coefficient (Wildman–Crippen LogP) is 3.08. The summed E-state index contributed by atoms with van der Waals surface area (Å²) in [7, 11) is 0. The van der Waals surface area contributed by atoms with Crippen LogP contribution in [0.25, 0.3) is 0 Å². The molecule has 0 aliphatic heterocycles. The van der Waals surface area contributed by atoms with E-state index < -0.39 is 0 Å². The molecule has 2 atom stereocenters. The second-order valence-electron chi connectivity index (χ2n) is 5.39. The normalized spacial score (nSPS) is 34.2. The summed E-state index contributed by atoms with van der Waals surface area (Å²) in [4.78, 5) is 0. The lowest BCUT2D eigenvalue weighted by atomic mass is 9.92. The van der Waals surface area contributed by atoms with Gasteiger partial charge in [0.1, 0.15) is 0 Å². The van der Waals surface area contributed by atoms with Gasteiger partial charge in [-0.2, -0.15) is 0 Å². The lowest BCUT2D eigenvalue weighted by molar-refractivity contribution is 0.374.